The number of carbonyl (C=O) groups excluding carboxylic acids is 1. The predicted molar refractivity (Wildman–Crippen MR) is 121 cm³/mol. The summed E-state index contributed by atoms with van der Waals surface area (Å²) in [6, 6.07) is 13.6. The zero-order valence-corrected chi connectivity index (χ0v) is 19.4. The summed E-state index contributed by atoms with van der Waals surface area (Å²) in [5.74, 6) is -2.44. The van der Waals surface area contributed by atoms with Gasteiger partial charge in [0.15, 0.2) is 0 Å². The highest BCUT2D eigenvalue weighted by atomic mass is 35.5. The van der Waals surface area contributed by atoms with E-state index in [4.69, 9.17) is 23.2 Å². The highest BCUT2D eigenvalue weighted by Gasteiger charge is 2.34. The summed E-state index contributed by atoms with van der Waals surface area (Å²) in [6.07, 6.45) is -4.97. The van der Waals surface area contributed by atoms with Crippen LogP contribution in [0, 0.1) is 5.82 Å². The molecule has 0 aliphatic carbocycles. The van der Waals surface area contributed by atoms with Crippen LogP contribution in [0.1, 0.15) is 11.1 Å². The van der Waals surface area contributed by atoms with E-state index in [1.807, 2.05) is 0 Å². The SMILES string of the molecule is O=C(CN(Cc1ccc(Cl)cc1Cl)S(=O)(=O)c1ccccc1)Nc1ccc(F)c(C(F)(F)F)c1. The number of nitrogens with zero attached hydrogens (tertiary/aromatic N) is 1. The third-order valence-electron chi connectivity index (χ3n) is 4.62. The molecule has 0 heterocycles. The summed E-state index contributed by atoms with van der Waals surface area (Å²) < 4.78 is 79.7. The average molecular weight is 535 g/mol. The van der Waals surface area contributed by atoms with E-state index in [1.54, 1.807) is 6.07 Å². The molecular formula is C22H16Cl2F4N2O3S. The fourth-order valence-corrected chi connectivity index (χ4v) is 4.85. The van der Waals surface area contributed by atoms with Gasteiger partial charge in [0.05, 0.1) is 17.0 Å². The van der Waals surface area contributed by atoms with Crippen molar-refractivity contribution in [2.24, 2.45) is 0 Å². The largest absolute Gasteiger partial charge is 0.419 e. The average Bonchev–Trinajstić information content (AvgIpc) is 2.76. The van der Waals surface area contributed by atoms with Gasteiger partial charge in [-0.25, -0.2) is 12.8 Å². The second kappa shape index (κ2) is 10.3. The zero-order chi connectivity index (χ0) is 25.1. The molecule has 0 aromatic heterocycles. The second-order valence-electron chi connectivity index (χ2n) is 7.06. The Morgan fingerprint density at radius 2 is 1.65 bits per heavy atom. The van der Waals surface area contributed by atoms with E-state index in [-0.39, 0.29) is 22.2 Å². The molecule has 0 aliphatic rings. The van der Waals surface area contributed by atoms with Gasteiger partial charge in [0.25, 0.3) is 0 Å². The topological polar surface area (TPSA) is 66.5 Å². The Bertz CT molecular complexity index is 1300. The Balaban J connectivity index is 1.90. The quantitative estimate of drug-likeness (QED) is 0.379. The first kappa shape index (κ1) is 26.0. The number of nitrogens with one attached hydrogen (secondary N) is 1. The van der Waals surface area contributed by atoms with E-state index in [0.717, 1.165) is 10.4 Å². The van der Waals surface area contributed by atoms with Crippen LogP contribution in [0.15, 0.2) is 71.6 Å². The molecule has 0 saturated heterocycles. The second-order valence-corrected chi connectivity index (χ2v) is 9.84. The Morgan fingerprint density at radius 1 is 0.971 bits per heavy atom. The normalized spacial score (nSPS) is 12.1. The number of rotatable bonds is 7. The van der Waals surface area contributed by atoms with Crippen molar-refractivity contribution in [2.45, 2.75) is 17.6 Å². The maximum absolute atomic E-state index is 13.5. The van der Waals surface area contributed by atoms with Gasteiger partial charge in [0, 0.05) is 22.3 Å². The van der Waals surface area contributed by atoms with E-state index in [2.05, 4.69) is 5.32 Å². The fraction of sp³-hybridized carbons (Fsp3) is 0.136. The van der Waals surface area contributed by atoms with Crippen molar-refractivity contribution in [2.75, 3.05) is 11.9 Å². The van der Waals surface area contributed by atoms with Crippen LogP contribution < -0.4 is 5.32 Å². The molecule has 0 saturated carbocycles. The third-order valence-corrected chi connectivity index (χ3v) is 7.01. The molecule has 34 heavy (non-hydrogen) atoms. The molecule has 12 heteroatoms. The molecule has 180 valence electrons. The highest BCUT2D eigenvalue weighted by molar-refractivity contribution is 7.89. The molecular weight excluding hydrogens is 519 g/mol. The van der Waals surface area contributed by atoms with E-state index in [0.29, 0.717) is 22.7 Å². The maximum atomic E-state index is 13.5. The van der Waals surface area contributed by atoms with E-state index < -0.39 is 40.0 Å². The number of anilines is 1. The lowest BCUT2D eigenvalue weighted by Crippen LogP contribution is -2.37. The van der Waals surface area contributed by atoms with Gasteiger partial charge >= 0.3 is 6.18 Å². The van der Waals surface area contributed by atoms with E-state index in [9.17, 15) is 30.8 Å². The molecule has 0 unspecified atom stereocenters. The molecule has 1 amide bonds. The van der Waals surface area contributed by atoms with Crippen LogP contribution in [-0.2, 0) is 27.5 Å². The van der Waals surface area contributed by atoms with E-state index in [1.165, 1.54) is 42.5 Å². The van der Waals surface area contributed by atoms with Crippen molar-refractivity contribution in [1.29, 1.82) is 0 Å². The van der Waals surface area contributed by atoms with Gasteiger partial charge in [-0.1, -0.05) is 47.5 Å². The first-order valence-corrected chi connectivity index (χ1v) is 11.7. The number of hydrogen-bond acceptors (Lipinski definition) is 3. The molecule has 0 aliphatic heterocycles. The smallest absolute Gasteiger partial charge is 0.325 e. The van der Waals surface area contributed by atoms with Crippen LogP contribution in [0.4, 0.5) is 23.2 Å². The number of sulfonamides is 1. The lowest BCUT2D eigenvalue weighted by molar-refractivity contribution is -0.140. The van der Waals surface area contributed by atoms with Crippen molar-refractivity contribution < 1.29 is 30.8 Å². The van der Waals surface area contributed by atoms with Gasteiger partial charge in [-0.05, 0) is 48.0 Å². The Labute approximate surface area is 203 Å². The summed E-state index contributed by atoms with van der Waals surface area (Å²) in [4.78, 5) is 12.5. The minimum atomic E-state index is -4.97. The molecule has 0 radical (unpaired) electrons. The summed E-state index contributed by atoms with van der Waals surface area (Å²) in [5.41, 5.74) is -1.56. The minimum Gasteiger partial charge on any atom is -0.325 e. The first-order chi connectivity index (χ1) is 15.9. The van der Waals surface area contributed by atoms with Crippen molar-refractivity contribution in [3.63, 3.8) is 0 Å². The number of benzene rings is 3. The van der Waals surface area contributed by atoms with Crippen LogP contribution in [0.25, 0.3) is 0 Å². The maximum Gasteiger partial charge on any atom is 0.419 e. The van der Waals surface area contributed by atoms with Crippen molar-refractivity contribution in [3.8, 4) is 0 Å². The standard InChI is InChI=1S/C22H16Cl2F4N2O3S/c23-15-7-6-14(19(24)10-15)12-30(34(32,33)17-4-2-1-3-5-17)13-21(31)29-16-8-9-20(25)18(11-16)22(26,27)28/h1-11H,12-13H2,(H,29,31). The number of carbonyl (C=O) groups is 1. The van der Waals surface area contributed by atoms with E-state index >= 15 is 0 Å². The molecule has 5 nitrogen and oxygen atoms in total. The molecule has 3 aromatic carbocycles. The fourth-order valence-electron chi connectivity index (χ4n) is 2.99. The Kier molecular flexibility index (Phi) is 7.87. The van der Waals surface area contributed by atoms with Gasteiger partial charge in [0.1, 0.15) is 5.82 Å². The monoisotopic (exact) mass is 534 g/mol. The minimum absolute atomic E-state index is 0.103. The third kappa shape index (κ3) is 6.26. The number of amides is 1. The Morgan fingerprint density at radius 3 is 2.26 bits per heavy atom. The molecule has 1 N–H and O–H groups in total. The van der Waals surface area contributed by atoms with Gasteiger partial charge in [0.2, 0.25) is 15.9 Å². The summed E-state index contributed by atoms with van der Waals surface area (Å²) in [7, 11) is -4.21. The van der Waals surface area contributed by atoms with Crippen LogP contribution in [0.3, 0.4) is 0 Å². The van der Waals surface area contributed by atoms with Gasteiger partial charge in [-0.15, -0.1) is 0 Å². The molecule has 0 bridgehead atoms. The molecule has 0 atom stereocenters. The van der Waals surface area contributed by atoms with Crippen LogP contribution in [0.5, 0.6) is 0 Å². The van der Waals surface area contributed by atoms with Gasteiger partial charge < -0.3 is 5.32 Å². The highest BCUT2D eigenvalue weighted by Crippen LogP contribution is 2.33. The predicted octanol–water partition coefficient (Wildman–Crippen LogP) is 5.98. The lowest BCUT2D eigenvalue weighted by Gasteiger charge is -2.22. The van der Waals surface area contributed by atoms with Crippen LogP contribution in [0.2, 0.25) is 10.0 Å². The number of alkyl halides is 3. The lowest BCUT2D eigenvalue weighted by atomic mass is 10.2. The van der Waals surface area contributed by atoms with Crippen molar-refractivity contribution >= 4 is 44.8 Å². The molecule has 3 aromatic rings. The molecule has 0 spiro atoms. The summed E-state index contributed by atoms with van der Waals surface area (Å²) >= 11 is 12.0. The Hall–Kier alpha value is -2.66. The van der Waals surface area contributed by atoms with Crippen molar-refractivity contribution in [1.82, 2.24) is 4.31 Å². The van der Waals surface area contributed by atoms with Gasteiger partial charge in [-0.2, -0.15) is 17.5 Å². The summed E-state index contributed by atoms with van der Waals surface area (Å²) in [5, 5.41) is 2.66. The summed E-state index contributed by atoms with van der Waals surface area (Å²) in [6.45, 7) is -1.08. The number of halogens is 6. The van der Waals surface area contributed by atoms with Crippen molar-refractivity contribution in [3.05, 3.63) is 93.7 Å². The molecule has 3 rings (SSSR count). The number of hydrogen-bond donors (Lipinski definition) is 1. The van der Waals surface area contributed by atoms with Gasteiger partial charge in [-0.3, -0.25) is 4.79 Å². The van der Waals surface area contributed by atoms with Crippen LogP contribution >= 0.6 is 23.2 Å². The zero-order valence-electron chi connectivity index (χ0n) is 17.1. The van der Waals surface area contributed by atoms with Crippen LogP contribution in [-0.4, -0.2) is 25.2 Å². The molecule has 0 fully saturated rings. The first-order valence-electron chi connectivity index (χ1n) is 9.53.